The molecule has 4 rings (SSSR count). The zero-order valence-corrected chi connectivity index (χ0v) is 37.8. The van der Waals surface area contributed by atoms with E-state index in [1.807, 2.05) is 0 Å². The molecule has 0 aliphatic carbocycles. The Morgan fingerprint density at radius 2 is 1.48 bits per heavy atom. The van der Waals surface area contributed by atoms with Crippen molar-refractivity contribution in [3.63, 3.8) is 0 Å². The Bertz CT molecular complexity index is 2250. The molecule has 2 heterocycles. The molecule has 26 nitrogen and oxygen atoms in total. The second-order valence-corrected chi connectivity index (χ2v) is 15.2. The molecular weight excluding hydrogens is 913 g/mol. The highest BCUT2D eigenvalue weighted by Crippen LogP contribution is 2.19. The Morgan fingerprint density at radius 1 is 0.812 bits per heavy atom. The average molecular weight is 967 g/mol. The molecule has 26 heteroatoms. The monoisotopic (exact) mass is 966 g/mol. The standard InChI is InChI=1S/C43H54N10O16/c1-28(2)38(48-42(60)67-25-23-64-20-18-51-26-31(49-50-51)9-16-37(56)66-24-22-65-21-19-52-35(54)14-15-36(52)55)40(58)47-34(4-3-17-45-41(44)59)39(57)46-30-7-5-29(6-8-30)27-68-43(61)69-33-12-10-32(11-13-33)53(62)63/h5-8,10-15,26,28,34,38H,3-4,9,16-25,27H2,1-2H3,(H,46,57)(H,47,58)(H,48,60)(H3,44,45,59)/t34-,38?/m0/s1. The number of anilines is 1. The summed E-state index contributed by atoms with van der Waals surface area (Å²) in [5.74, 6) is -2.94. The van der Waals surface area contributed by atoms with Gasteiger partial charge in [0, 0.05) is 49.1 Å². The summed E-state index contributed by atoms with van der Waals surface area (Å²) >= 11 is 0. The first-order valence-electron chi connectivity index (χ1n) is 21.6. The highest BCUT2D eigenvalue weighted by Gasteiger charge is 2.29. The zero-order valence-electron chi connectivity index (χ0n) is 37.8. The van der Waals surface area contributed by atoms with Crippen molar-refractivity contribution in [3.05, 3.63) is 88.3 Å². The number of ether oxygens (including phenoxy) is 6. The van der Waals surface area contributed by atoms with E-state index in [0.29, 0.717) is 23.5 Å². The molecule has 1 aliphatic rings. The SMILES string of the molecule is CC(C)C(NC(=O)OCCOCCn1cc(CCC(=O)OCCOCCN2C(=O)C=CC2=O)nn1)C(=O)N[C@@H](CCCNC(N)=O)C(=O)Nc1ccc(COC(=O)Oc2ccc([N+](=O)[O-])cc2)cc1. The summed E-state index contributed by atoms with van der Waals surface area (Å²) in [4.78, 5) is 109. The quantitative estimate of drug-likeness (QED) is 0.0126. The molecule has 69 heavy (non-hydrogen) atoms. The van der Waals surface area contributed by atoms with Crippen LogP contribution >= 0.6 is 0 Å². The third kappa shape index (κ3) is 19.8. The van der Waals surface area contributed by atoms with Gasteiger partial charge in [0.05, 0.1) is 56.6 Å². The lowest BCUT2D eigenvalue weighted by atomic mass is 10.0. The van der Waals surface area contributed by atoms with Gasteiger partial charge in [-0.25, -0.2) is 19.1 Å². The summed E-state index contributed by atoms with van der Waals surface area (Å²) in [7, 11) is 0. The first-order chi connectivity index (χ1) is 33.1. The van der Waals surface area contributed by atoms with Crippen molar-refractivity contribution >= 4 is 59.3 Å². The topological polar surface area (TPSA) is 343 Å². The number of aromatic nitrogens is 3. The van der Waals surface area contributed by atoms with Crippen LogP contribution in [0.2, 0.25) is 0 Å². The van der Waals surface area contributed by atoms with Crippen LogP contribution in [0.3, 0.4) is 0 Å². The Labute approximate surface area is 394 Å². The molecule has 2 atom stereocenters. The largest absolute Gasteiger partial charge is 0.514 e. The molecule has 0 radical (unpaired) electrons. The number of esters is 1. The van der Waals surface area contributed by atoms with Crippen LogP contribution in [0.15, 0.2) is 66.9 Å². The van der Waals surface area contributed by atoms with E-state index in [4.69, 9.17) is 34.2 Å². The number of non-ortho nitro benzene ring substituents is 1. The number of hydrogen-bond donors (Lipinski definition) is 5. The van der Waals surface area contributed by atoms with Crippen LogP contribution in [0, 0.1) is 16.0 Å². The maximum absolute atomic E-state index is 13.5. The van der Waals surface area contributed by atoms with E-state index in [1.54, 1.807) is 32.2 Å². The third-order valence-electron chi connectivity index (χ3n) is 9.60. The van der Waals surface area contributed by atoms with Crippen molar-refractivity contribution in [2.24, 2.45) is 11.7 Å². The summed E-state index contributed by atoms with van der Waals surface area (Å²) in [6, 6.07) is 8.07. The number of nitro benzene ring substituents is 1. The normalized spacial score (nSPS) is 12.8. The maximum Gasteiger partial charge on any atom is 0.514 e. The van der Waals surface area contributed by atoms with Crippen molar-refractivity contribution in [2.45, 2.75) is 64.8 Å². The summed E-state index contributed by atoms with van der Waals surface area (Å²) in [5, 5.41) is 29.2. The van der Waals surface area contributed by atoms with E-state index in [2.05, 4.69) is 31.6 Å². The Morgan fingerprint density at radius 3 is 2.13 bits per heavy atom. The predicted octanol–water partition coefficient (Wildman–Crippen LogP) is 1.66. The Balaban J connectivity index is 1.13. The van der Waals surface area contributed by atoms with Crippen LogP contribution in [-0.2, 0) is 67.2 Å². The van der Waals surface area contributed by atoms with Crippen LogP contribution in [0.5, 0.6) is 5.75 Å². The van der Waals surface area contributed by atoms with Gasteiger partial charge in [0.15, 0.2) is 0 Å². The number of benzene rings is 2. The fourth-order valence-electron chi connectivity index (χ4n) is 6.01. The van der Waals surface area contributed by atoms with Gasteiger partial charge in [0.1, 0.15) is 37.7 Å². The lowest BCUT2D eigenvalue weighted by Crippen LogP contribution is -2.54. The van der Waals surface area contributed by atoms with E-state index < -0.39 is 70.8 Å². The number of alkyl carbamates (subject to hydrolysis) is 1. The molecule has 6 N–H and O–H groups in total. The average Bonchev–Trinajstić information content (AvgIpc) is 3.91. The van der Waals surface area contributed by atoms with E-state index in [1.165, 1.54) is 53.2 Å². The van der Waals surface area contributed by atoms with Gasteiger partial charge in [-0.15, -0.1) is 5.10 Å². The molecule has 0 bridgehead atoms. The fraction of sp³-hybridized carbons (Fsp3) is 0.442. The number of carbonyl (C=O) groups excluding carboxylic acids is 8. The van der Waals surface area contributed by atoms with Crippen molar-refractivity contribution in [1.29, 1.82) is 0 Å². The zero-order chi connectivity index (χ0) is 50.1. The maximum atomic E-state index is 13.5. The number of primary amides is 1. The number of urea groups is 1. The summed E-state index contributed by atoms with van der Waals surface area (Å²) in [6.07, 6.45) is 2.73. The summed E-state index contributed by atoms with van der Waals surface area (Å²) in [6.45, 7) is 3.97. The molecule has 3 aromatic rings. The van der Waals surface area contributed by atoms with E-state index in [9.17, 15) is 48.5 Å². The molecule has 0 fully saturated rings. The first kappa shape index (κ1) is 53.6. The van der Waals surface area contributed by atoms with Gasteiger partial charge < -0.3 is 55.4 Å². The highest BCUT2D eigenvalue weighted by atomic mass is 16.7. The molecule has 0 saturated carbocycles. The van der Waals surface area contributed by atoms with Gasteiger partial charge in [-0.05, 0) is 48.6 Å². The van der Waals surface area contributed by atoms with Crippen LogP contribution in [0.25, 0.3) is 0 Å². The molecule has 0 saturated heterocycles. The second kappa shape index (κ2) is 28.2. The summed E-state index contributed by atoms with van der Waals surface area (Å²) < 4.78 is 32.8. The molecule has 0 spiro atoms. The van der Waals surface area contributed by atoms with Crippen LogP contribution in [0.1, 0.15) is 44.4 Å². The van der Waals surface area contributed by atoms with E-state index >= 15 is 0 Å². The van der Waals surface area contributed by atoms with Gasteiger partial charge >= 0.3 is 24.2 Å². The number of carbonyl (C=O) groups is 8. The number of nitrogens with zero attached hydrogens (tertiary/aromatic N) is 5. The minimum Gasteiger partial charge on any atom is -0.463 e. The summed E-state index contributed by atoms with van der Waals surface area (Å²) in [5.41, 5.74) is 6.40. The lowest BCUT2D eigenvalue weighted by molar-refractivity contribution is -0.384. The van der Waals surface area contributed by atoms with Gasteiger partial charge in [-0.3, -0.25) is 39.0 Å². The third-order valence-corrected chi connectivity index (χ3v) is 9.60. The number of rotatable bonds is 29. The minimum atomic E-state index is -1.12. The van der Waals surface area contributed by atoms with Gasteiger partial charge in [-0.2, -0.15) is 0 Å². The smallest absolute Gasteiger partial charge is 0.463 e. The van der Waals surface area contributed by atoms with Crippen molar-refractivity contribution in [2.75, 3.05) is 58.0 Å². The van der Waals surface area contributed by atoms with E-state index in [-0.39, 0.29) is 96.5 Å². The van der Waals surface area contributed by atoms with Crippen molar-refractivity contribution in [1.82, 2.24) is 35.8 Å². The van der Waals surface area contributed by atoms with Crippen molar-refractivity contribution < 1.29 is 71.7 Å². The number of aryl methyl sites for hydroxylation is 1. The number of nitrogens with one attached hydrogen (secondary N) is 4. The fourth-order valence-corrected chi connectivity index (χ4v) is 6.01. The highest BCUT2D eigenvalue weighted by molar-refractivity contribution is 6.12. The Hall–Kier alpha value is -8.00. The number of nitro groups is 1. The molecule has 1 aliphatic heterocycles. The molecule has 2 aromatic carbocycles. The Kier molecular flexibility index (Phi) is 21.9. The number of imide groups is 1. The minimum absolute atomic E-state index is 0.00424. The van der Waals surface area contributed by atoms with Gasteiger partial charge in [0.25, 0.3) is 17.5 Å². The number of hydrogen-bond acceptors (Lipinski definition) is 18. The predicted molar refractivity (Wildman–Crippen MR) is 238 cm³/mol. The van der Waals surface area contributed by atoms with Crippen LogP contribution < -0.4 is 31.7 Å². The van der Waals surface area contributed by atoms with Crippen molar-refractivity contribution in [3.8, 4) is 5.75 Å². The molecule has 1 aromatic heterocycles. The number of amides is 7. The number of nitrogens with two attached hydrogens (primary N) is 1. The van der Waals surface area contributed by atoms with Crippen LogP contribution in [0.4, 0.5) is 25.8 Å². The second-order valence-electron chi connectivity index (χ2n) is 15.2. The van der Waals surface area contributed by atoms with E-state index in [0.717, 1.165) is 4.90 Å². The lowest BCUT2D eigenvalue weighted by Gasteiger charge is -2.25. The van der Waals surface area contributed by atoms with Crippen LogP contribution in [-0.4, -0.2) is 138 Å². The first-order valence-corrected chi connectivity index (χ1v) is 21.6. The van der Waals surface area contributed by atoms with Gasteiger partial charge in [-0.1, -0.05) is 31.2 Å². The molecule has 7 amide bonds. The molecular formula is C43H54N10O16. The molecule has 1 unspecified atom stereocenters. The van der Waals surface area contributed by atoms with Gasteiger partial charge in [0.2, 0.25) is 11.8 Å². The molecule has 372 valence electrons.